The van der Waals surface area contributed by atoms with Gasteiger partial charge in [0.2, 0.25) is 5.89 Å². The number of nitrogens with zero attached hydrogens (tertiary/aromatic N) is 3. The van der Waals surface area contributed by atoms with Crippen LogP contribution in [0.5, 0.6) is 0 Å². The molecule has 2 heterocycles. The molecule has 0 aromatic carbocycles. The van der Waals surface area contributed by atoms with E-state index in [0.717, 1.165) is 17.8 Å². The van der Waals surface area contributed by atoms with Crippen LogP contribution in [0.15, 0.2) is 15.6 Å². The third kappa shape index (κ3) is 4.50. The van der Waals surface area contributed by atoms with Crippen molar-refractivity contribution < 1.29 is 4.42 Å². The van der Waals surface area contributed by atoms with Crippen molar-refractivity contribution in [3.05, 3.63) is 17.8 Å². The molecule has 0 radical (unpaired) electrons. The minimum atomic E-state index is -0.0132. The molecule has 0 unspecified atom stereocenters. The van der Waals surface area contributed by atoms with Gasteiger partial charge in [-0.05, 0) is 25.7 Å². The van der Waals surface area contributed by atoms with Crippen LogP contribution >= 0.6 is 0 Å². The molecule has 24 heavy (non-hydrogen) atoms. The zero-order chi connectivity index (χ0) is 17.2. The Balaban J connectivity index is 1.44. The Kier molecular flexibility index (Phi) is 5.13. The van der Waals surface area contributed by atoms with E-state index < -0.39 is 0 Å². The second-order valence-corrected chi connectivity index (χ2v) is 7.98. The van der Waals surface area contributed by atoms with Gasteiger partial charge in [0.1, 0.15) is 5.76 Å². The Morgan fingerprint density at radius 3 is 2.54 bits per heavy atom. The summed E-state index contributed by atoms with van der Waals surface area (Å²) in [5.41, 5.74) is -0.0132. The highest BCUT2D eigenvalue weighted by atomic mass is 16.4. The maximum atomic E-state index is 5.82. The van der Waals surface area contributed by atoms with Gasteiger partial charge < -0.3 is 20.0 Å². The van der Waals surface area contributed by atoms with Gasteiger partial charge in [0.25, 0.3) is 0 Å². The number of aliphatic imine (C=N–C) groups is 1. The van der Waals surface area contributed by atoms with E-state index in [-0.39, 0.29) is 5.41 Å². The molecule has 6 heteroatoms. The highest BCUT2D eigenvalue weighted by Crippen LogP contribution is 2.29. The van der Waals surface area contributed by atoms with Crippen LogP contribution in [0, 0.1) is 0 Å². The highest BCUT2D eigenvalue weighted by molar-refractivity contribution is 5.79. The van der Waals surface area contributed by atoms with E-state index in [2.05, 4.69) is 46.3 Å². The van der Waals surface area contributed by atoms with Crippen molar-refractivity contribution in [2.24, 2.45) is 4.99 Å². The lowest BCUT2D eigenvalue weighted by atomic mass is 9.94. The summed E-state index contributed by atoms with van der Waals surface area (Å²) in [5.74, 6) is 2.44. The van der Waals surface area contributed by atoms with Crippen LogP contribution in [0.25, 0.3) is 0 Å². The average Bonchev–Trinajstić information content (AvgIpc) is 3.28. The van der Waals surface area contributed by atoms with Crippen molar-refractivity contribution >= 4 is 5.96 Å². The predicted octanol–water partition coefficient (Wildman–Crippen LogP) is 2.26. The van der Waals surface area contributed by atoms with Crippen molar-refractivity contribution in [2.45, 2.75) is 70.5 Å². The van der Waals surface area contributed by atoms with Gasteiger partial charge in [-0.15, -0.1) is 0 Å². The minimum absolute atomic E-state index is 0.0132. The largest absolute Gasteiger partial charge is 0.443 e. The lowest BCUT2D eigenvalue weighted by Gasteiger charge is -2.33. The van der Waals surface area contributed by atoms with Crippen LogP contribution in [0.3, 0.4) is 0 Å². The molecule has 3 rings (SSSR count). The number of hydrogen-bond donors (Lipinski definition) is 2. The molecule has 1 aliphatic carbocycles. The standard InChI is InChI=1S/C18H31N5O/c1-18(2,3)15-11-20-16(24-15)12-21-17(19-4)22-13-7-9-23(10-8-13)14-5-6-14/h11,13-14H,5-10,12H2,1-4H3,(H2,19,21,22). The van der Waals surface area contributed by atoms with E-state index in [0.29, 0.717) is 18.5 Å². The van der Waals surface area contributed by atoms with E-state index in [1.807, 2.05) is 13.2 Å². The van der Waals surface area contributed by atoms with Gasteiger partial charge in [0.15, 0.2) is 5.96 Å². The first-order valence-corrected chi connectivity index (χ1v) is 9.12. The van der Waals surface area contributed by atoms with Crippen LogP contribution in [0.4, 0.5) is 0 Å². The number of piperidine rings is 1. The van der Waals surface area contributed by atoms with Crippen molar-refractivity contribution in [1.82, 2.24) is 20.5 Å². The fraction of sp³-hybridized carbons (Fsp3) is 0.778. The molecule has 134 valence electrons. The predicted molar refractivity (Wildman–Crippen MR) is 96.2 cm³/mol. The summed E-state index contributed by atoms with van der Waals surface area (Å²) in [5, 5.41) is 6.85. The van der Waals surface area contributed by atoms with Gasteiger partial charge in [-0.25, -0.2) is 4.98 Å². The SMILES string of the molecule is CN=C(NCc1ncc(C(C)(C)C)o1)NC1CCN(C2CC2)CC1. The molecule has 2 fully saturated rings. The molecular weight excluding hydrogens is 302 g/mol. The van der Waals surface area contributed by atoms with Crippen LogP contribution in [-0.4, -0.2) is 48.1 Å². The average molecular weight is 333 g/mol. The van der Waals surface area contributed by atoms with Crippen molar-refractivity contribution in [3.8, 4) is 0 Å². The molecule has 1 aliphatic heterocycles. The summed E-state index contributed by atoms with van der Waals surface area (Å²) in [6.07, 6.45) is 6.98. The molecular formula is C18H31N5O. The monoisotopic (exact) mass is 333 g/mol. The second-order valence-electron chi connectivity index (χ2n) is 7.98. The molecule has 0 spiro atoms. The van der Waals surface area contributed by atoms with E-state index in [1.165, 1.54) is 38.8 Å². The van der Waals surface area contributed by atoms with Crippen LogP contribution in [0.2, 0.25) is 0 Å². The summed E-state index contributed by atoms with van der Waals surface area (Å²) in [6, 6.07) is 1.38. The van der Waals surface area contributed by atoms with Gasteiger partial charge in [0, 0.05) is 37.6 Å². The van der Waals surface area contributed by atoms with Gasteiger partial charge >= 0.3 is 0 Å². The smallest absolute Gasteiger partial charge is 0.213 e. The van der Waals surface area contributed by atoms with Crippen molar-refractivity contribution in [3.63, 3.8) is 0 Å². The van der Waals surface area contributed by atoms with E-state index in [4.69, 9.17) is 4.42 Å². The lowest BCUT2D eigenvalue weighted by Crippen LogP contribution is -2.48. The normalized spacial score (nSPS) is 21.1. The van der Waals surface area contributed by atoms with E-state index in [1.54, 1.807) is 0 Å². The first-order valence-electron chi connectivity index (χ1n) is 9.12. The number of likely N-dealkylation sites (tertiary alicyclic amines) is 1. The molecule has 1 saturated carbocycles. The molecule has 0 atom stereocenters. The Hall–Kier alpha value is -1.56. The summed E-state index contributed by atoms with van der Waals surface area (Å²) < 4.78 is 5.82. The molecule has 6 nitrogen and oxygen atoms in total. The van der Waals surface area contributed by atoms with Crippen LogP contribution in [0.1, 0.15) is 58.1 Å². The molecule has 0 bridgehead atoms. The quantitative estimate of drug-likeness (QED) is 0.654. The fourth-order valence-corrected chi connectivity index (χ4v) is 3.13. The number of rotatable bonds is 4. The Morgan fingerprint density at radius 2 is 2.00 bits per heavy atom. The maximum absolute atomic E-state index is 5.82. The molecule has 1 saturated heterocycles. The Morgan fingerprint density at radius 1 is 1.29 bits per heavy atom. The van der Waals surface area contributed by atoms with Crippen LogP contribution in [-0.2, 0) is 12.0 Å². The second kappa shape index (κ2) is 7.13. The third-order valence-corrected chi connectivity index (χ3v) is 4.86. The topological polar surface area (TPSA) is 65.7 Å². The number of oxazole rings is 1. The summed E-state index contributed by atoms with van der Waals surface area (Å²) in [6.45, 7) is 9.33. The van der Waals surface area contributed by atoms with Gasteiger partial charge in [-0.2, -0.15) is 0 Å². The van der Waals surface area contributed by atoms with E-state index >= 15 is 0 Å². The summed E-state index contributed by atoms with van der Waals surface area (Å²) >= 11 is 0. The summed E-state index contributed by atoms with van der Waals surface area (Å²) in [7, 11) is 1.81. The first-order chi connectivity index (χ1) is 11.5. The van der Waals surface area contributed by atoms with Gasteiger partial charge in [-0.3, -0.25) is 4.99 Å². The van der Waals surface area contributed by atoms with Crippen molar-refractivity contribution in [2.75, 3.05) is 20.1 Å². The number of nitrogens with one attached hydrogen (secondary N) is 2. The van der Waals surface area contributed by atoms with Crippen molar-refractivity contribution in [1.29, 1.82) is 0 Å². The number of guanidine groups is 1. The van der Waals surface area contributed by atoms with Crippen LogP contribution < -0.4 is 10.6 Å². The lowest BCUT2D eigenvalue weighted by molar-refractivity contribution is 0.197. The highest BCUT2D eigenvalue weighted by Gasteiger charge is 2.31. The van der Waals surface area contributed by atoms with Gasteiger partial charge in [0.05, 0.1) is 12.7 Å². The zero-order valence-corrected chi connectivity index (χ0v) is 15.4. The van der Waals surface area contributed by atoms with Gasteiger partial charge in [-0.1, -0.05) is 20.8 Å². The molecule has 2 aliphatic rings. The maximum Gasteiger partial charge on any atom is 0.213 e. The molecule has 2 N–H and O–H groups in total. The molecule has 1 aromatic rings. The molecule has 1 aromatic heterocycles. The number of hydrogen-bond acceptors (Lipinski definition) is 4. The zero-order valence-electron chi connectivity index (χ0n) is 15.4. The third-order valence-electron chi connectivity index (χ3n) is 4.86. The number of aromatic nitrogens is 1. The minimum Gasteiger partial charge on any atom is -0.443 e. The van der Waals surface area contributed by atoms with E-state index in [9.17, 15) is 0 Å². The Bertz CT molecular complexity index is 562. The Labute approximate surface area is 145 Å². The first kappa shape index (κ1) is 17.3. The molecule has 0 amide bonds. The fourth-order valence-electron chi connectivity index (χ4n) is 3.13. The summed E-state index contributed by atoms with van der Waals surface area (Å²) in [4.78, 5) is 11.3.